The molecule has 1 heterocycles. The van der Waals surface area contributed by atoms with E-state index in [1.807, 2.05) is 0 Å². The normalized spacial score (nSPS) is 39.4. The van der Waals surface area contributed by atoms with Gasteiger partial charge in [-0.25, -0.2) is 4.79 Å². The lowest BCUT2D eigenvalue weighted by Gasteiger charge is -2.37. The molecule has 1 N–H and O–H groups in total. The Bertz CT molecular complexity index is 745. The van der Waals surface area contributed by atoms with Crippen molar-refractivity contribution in [3.8, 4) is 0 Å². The second kappa shape index (κ2) is 4.10. The SMILES string of the molecule is O=C(O)c1ccc(N2C(=O)[C@@H]3[C@@H]4C=C[C@H]([C@H]5C[C@H]45)[C@H]3C2=O)cc1. The number of hydrogen-bond donors (Lipinski definition) is 1. The van der Waals surface area contributed by atoms with Crippen molar-refractivity contribution >= 4 is 23.5 Å². The summed E-state index contributed by atoms with van der Waals surface area (Å²) in [4.78, 5) is 38.0. The first-order chi connectivity index (χ1) is 11.1. The van der Waals surface area contributed by atoms with Crippen molar-refractivity contribution in [2.75, 3.05) is 4.90 Å². The number of nitrogens with zero attached hydrogens (tertiary/aromatic N) is 1. The number of imide groups is 1. The molecule has 2 bridgehead atoms. The van der Waals surface area contributed by atoms with Crippen molar-refractivity contribution in [2.45, 2.75) is 6.42 Å². The summed E-state index contributed by atoms with van der Waals surface area (Å²) in [6.45, 7) is 0. The van der Waals surface area contributed by atoms with E-state index in [2.05, 4.69) is 12.2 Å². The van der Waals surface area contributed by atoms with E-state index in [-0.39, 0.29) is 41.0 Å². The molecule has 3 fully saturated rings. The van der Waals surface area contributed by atoms with Crippen LogP contribution in [0.2, 0.25) is 0 Å². The van der Waals surface area contributed by atoms with Gasteiger partial charge in [0.2, 0.25) is 11.8 Å². The smallest absolute Gasteiger partial charge is 0.335 e. The molecule has 6 rings (SSSR count). The van der Waals surface area contributed by atoms with E-state index in [9.17, 15) is 14.4 Å². The van der Waals surface area contributed by atoms with Gasteiger partial charge in [0, 0.05) is 0 Å². The van der Waals surface area contributed by atoms with Crippen LogP contribution in [0.5, 0.6) is 0 Å². The molecule has 5 aliphatic rings. The predicted octanol–water partition coefficient (Wildman–Crippen LogP) is 1.94. The minimum Gasteiger partial charge on any atom is -0.478 e. The quantitative estimate of drug-likeness (QED) is 0.669. The first kappa shape index (κ1) is 13.0. The molecule has 6 atom stereocenters. The van der Waals surface area contributed by atoms with E-state index in [4.69, 9.17) is 5.11 Å². The van der Waals surface area contributed by atoms with Crippen LogP contribution in [0, 0.1) is 35.5 Å². The molecule has 1 aromatic rings. The molecule has 116 valence electrons. The fourth-order valence-electron chi connectivity index (χ4n) is 4.96. The molecule has 23 heavy (non-hydrogen) atoms. The molecular formula is C18H15NO4. The molecule has 1 aliphatic heterocycles. The first-order valence-corrected chi connectivity index (χ1v) is 7.97. The number of benzene rings is 1. The predicted molar refractivity (Wildman–Crippen MR) is 80.6 cm³/mol. The first-order valence-electron chi connectivity index (χ1n) is 7.97. The minimum absolute atomic E-state index is 0.118. The zero-order chi connectivity index (χ0) is 15.9. The van der Waals surface area contributed by atoms with Gasteiger partial charge in [-0.05, 0) is 54.4 Å². The summed E-state index contributed by atoms with van der Waals surface area (Å²) in [5.74, 6) is -0.132. The van der Waals surface area contributed by atoms with Crippen LogP contribution in [0.3, 0.4) is 0 Å². The third kappa shape index (κ3) is 1.54. The highest BCUT2D eigenvalue weighted by atomic mass is 16.4. The van der Waals surface area contributed by atoms with Gasteiger partial charge in [-0.15, -0.1) is 0 Å². The van der Waals surface area contributed by atoms with Crippen molar-refractivity contribution in [3.63, 3.8) is 0 Å². The van der Waals surface area contributed by atoms with Gasteiger partial charge in [0.05, 0.1) is 23.1 Å². The fraction of sp³-hybridized carbons (Fsp3) is 0.389. The van der Waals surface area contributed by atoms with Gasteiger partial charge in [0.1, 0.15) is 0 Å². The van der Waals surface area contributed by atoms with Gasteiger partial charge >= 0.3 is 5.97 Å². The zero-order valence-electron chi connectivity index (χ0n) is 12.3. The Morgan fingerprint density at radius 3 is 1.96 bits per heavy atom. The summed E-state index contributed by atoms with van der Waals surface area (Å²) in [5.41, 5.74) is 0.626. The molecule has 1 aromatic carbocycles. The van der Waals surface area contributed by atoms with Gasteiger partial charge in [-0.3, -0.25) is 14.5 Å². The van der Waals surface area contributed by atoms with Gasteiger partial charge in [0.25, 0.3) is 0 Å². The average Bonchev–Trinajstić information content (AvgIpc) is 3.32. The number of carboxylic acids is 1. The van der Waals surface area contributed by atoms with Crippen molar-refractivity contribution in [3.05, 3.63) is 42.0 Å². The highest BCUT2D eigenvalue weighted by Gasteiger charge is 2.67. The molecular weight excluding hydrogens is 294 g/mol. The van der Waals surface area contributed by atoms with E-state index >= 15 is 0 Å². The Balaban J connectivity index is 1.53. The highest BCUT2D eigenvalue weighted by molar-refractivity contribution is 6.22. The number of aromatic carboxylic acids is 1. The summed E-state index contributed by atoms with van der Waals surface area (Å²) < 4.78 is 0. The van der Waals surface area contributed by atoms with E-state index in [0.29, 0.717) is 17.5 Å². The lowest BCUT2D eigenvalue weighted by atomic mass is 9.63. The van der Waals surface area contributed by atoms with Crippen LogP contribution in [-0.4, -0.2) is 22.9 Å². The Labute approximate surface area is 132 Å². The van der Waals surface area contributed by atoms with E-state index in [0.717, 1.165) is 6.42 Å². The van der Waals surface area contributed by atoms with Crippen molar-refractivity contribution < 1.29 is 19.5 Å². The van der Waals surface area contributed by atoms with Crippen LogP contribution in [-0.2, 0) is 9.59 Å². The topological polar surface area (TPSA) is 74.7 Å². The molecule has 1 saturated heterocycles. The standard InChI is InChI=1S/C18H15NO4/c20-16-14-10-5-6-11(13-7-12(10)13)15(14)17(21)19(16)9-3-1-8(2-4-9)18(22)23/h1-6,10-15H,7H2,(H,22,23)/t10-,11-,12-,13-,14-,15-/m1/s1. The molecule has 5 nitrogen and oxygen atoms in total. The van der Waals surface area contributed by atoms with E-state index in [1.165, 1.54) is 17.0 Å². The third-order valence-electron chi connectivity index (χ3n) is 6.04. The van der Waals surface area contributed by atoms with E-state index < -0.39 is 5.97 Å². The Hall–Kier alpha value is -2.43. The average molecular weight is 309 g/mol. The summed E-state index contributed by atoms with van der Waals surface area (Å²) in [5, 5.41) is 8.97. The van der Waals surface area contributed by atoms with Crippen LogP contribution >= 0.6 is 0 Å². The Kier molecular flexibility index (Phi) is 2.33. The van der Waals surface area contributed by atoms with Crippen LogP contribution < -0.4 is 4.90 Å². The second-order valence-corrected chi connectivity index (χ2v) is 7.02. The number of hydrogen-bond acceptors (Lipinski definition) is 3. The molecule has 0 aromatic heterocycles. The lowest BCUT2D eigenvalue weighted by Crippen LogP contribution is -2.40. The number of carbonyl (C=O) groups is 3. The zero-order valence-corrected chi connectivity index (χ0v) is 12.3. The van der Waals surface area contributed by atoms with Crippen LogP contribution in [0.1, 0.15) is 16.8 Å². The maximum Gasteiger partial charge on any atom is 0.335 e. The fourth-order valence-corrected chi connectivity index (χ4v) is 4.96. The number of amides is 2. The van der Waals surface area contributed by atoms with Gasteiger partial charge in [-0.2, -0.15) is 0 Å². The minimum atomic E-state index is -1.02. The van der Waals surface area contributed by atoms with Gasteiger partial charge in [0.15, 0.2) is 0 Å². The lowest BCUT2D eigenvalue weighted by molar-refractivity contribution is -0.124. The molecule has 0 radical (unpaired) electrons. The van der Waals surface area contributed by atoms with Crippen molar-refractivity contribution in [1.82, 2.24) is 0 Å². The van der Waals surface area contributed by atoms with Crippen LogP contribution in [0.25, 0.3) is 0 Å². The molecule has 2 amide bonds. The number of allylic oxidation sites excluding steroid dienone is 2. The maximum absolute atomic E-state index is 12.9. The molecule has 2 saturated carbocycles. The van der Waals surface area contributed by atoms with Crippen LogP contribution in [0.15, 0.2) is 36.4 Å². The number of carbonyl (C=O) groups excluding carboxylic acids is 2. The van der Waals surface area contributed by atoms with Crippen LogP contribution in [0.4, 0.5) is 5.69 Å². The monoisotopic (exact) mass is 309 g/mol. The second-order valence-electron chi connectivity index (χ2n) is 7.02. The molecule has 5 heteroatoms. The number of carboxylic acid groups (broad SMARTS) is 1. The third-order valence-corrected chi connectivity index (χ3v) is 6.04. The summed E-state index contributed by atoms with van der Waals surface area (Å²) in [6.07, 6.45) is 5.42. The summed E-state index contributed by atoms with van der Waals surface area (Å²) in [6, 6.07) is 5.97. The maximum atomic E-state index is 12.9. The van der Waals surface area contributed by atoms with Gasteiger partial charge in [-0.1, -0.05) is 12.2 Å². The molecule has 4 aliphatic carbocycles. The van der Waals surface area contributed by atoms with Gasteiger partial charge < -0.3 is 5.11 Å². The Morgan fingerprint density at radius 2 is 1.48 bits per heavy atom. The number of anilines is 1. The summed E-state index contributed by atoms with van der Waals surface area (Å²) in [7, 11) is 0. The van der Waals surface area contributed by atoms with Crippen molar-refractivity contribution in [1.29, 1.82) is 0 Å². The Morgan fingerprint density at radius 1 is 0.957 bits per heavy atom. The molecule has 0 unspecified atom stereocenters. The molecule has 0 spiro atoms. The largest absolute Gasteiger partial charge is 0.478 e. The van der Waals surface area contributed by atoms with E-state index in [1.54, 1.807) is 12.1 Å². The number of rotatable bonds is 2. The summed E-state index contributed by atoms with van der Waals surface area (Å²) >= 11 is 0. The van der Waals surface area contributed by atoms with Crippen molar-refractivity contribution in [2.24, 2.45) is 35.5 Å². The highest BCUT2D eigenvalue weighted by Crippen LogP contribution is 2.65.